The largest absolute Gasteiger partial charge is 0.494 e. The topological polar surface area (TPSA) is 141 Å². The lowest BCUT2D eigenvalue weighted by molar-refractivity contribution is -0.130. The molecule has 1 aliphatic rings. The number of hydrazine groups is 1. The standard InChI is InChI=1S/C34H31BrF2N6O4/c35-29-8-3-2-7-28(29)31-34(21-24-6-1-4-9-30(24)41-43-38,33(45)42-39-15-14-22-18-25(36)20-26(37)19-22)40-32(47-31)23-10-12-27(13-11-23)46-17-5-16-44/h1-4,6-13,18-20,31,39,44H,5,14-17,21H2,(H,42,45)/t31-,34-/m0/s1. The van der Waals surface area contributed by atoms with Gasteiger partial charge in [0.05, 0.1) is 6.61 Å². The number of benzene rings is 4. The monoisotopic (exact) mass is 704 g/mol. The Bertz CT molecular complexity index is 1780. The molecule has 0 radical (unpaired) electrons. The minimum atomic E-state index is -1.62. The molecule has 1 heterocycles. The van der Waals surface area contributed by atoms with Crippen LogP contribution in [0.4, 0.5) is 14.5 Å². The van der Waals surface area contributed by atoms with Crippen molar-refractivity contribution in [2.75, 3.05) is 19.8 Å². The van der Waals surface area contributed by atoms with Crippen LogP contribution in [0.1, 0.15) is 34.8 Å². The Hall–Kier alpha value is -4.81. The van der Waals surface area contributed by atoms with Crippen molar-refractivity contribution in [3.63, 3.8) is 0 Å². The van der Waals surface area contributed by atoms with Crippen molar-refractivity contribution in [2.45, 2.75) is 30.9 Å². The summed E-state index contributed by atoms with van der Waals surface area (Å²) in [7, 11) is 0. The van der Waals surface area contributed by atoms with E-state index < -0.39 is 29.2 Å². The van der Waals surface area contributed by atoms with E-state index in [9.17, 15) is 19.1 Å². The van der Waals surface area contributed by atoms with E-state index in [0.29, 0.717) is 51.2 Å². The van der Waals surface area contributed by atoms with Gasteiger partial charge in [0.2, 0.25) is 5.90 Å². The summed E-state index contributed by atoms with van der Waals surface area (Å²) in [5, 5.41) is 12.9. The Morgan fingerprint density at radius 3 is 2.51 bits per heavy atom. The number of amides is 1. The molecule has 4 aromatic rings. The van der Waals surface area contributed by atoms with Crippen molar-refractivity contribution in [3.8, 4) is 5.75 Å². The summed E-state index contributed by atoms with van der Waals surface area (Å²) in [6, 6.07) is 24.5. The molecule has 242 valence electrons. The minimum Gasteiger partial charge on any atom is -0.494 e. The highest BCUT2D eigenvalue weighted by atomic mass is 79.9. The van der Waals surface area contributed by atoms with Crippen LogP contribution >= 0.6 is 15.9 Å². The van der Waals surface area contributed by atoms with Crippen LogP contribution in [0.5, 0.6) is 5.75 Å². The summed E-state index contributed by atoms with van der Waals surface area (Å²) in [6.07, 6.45) is -0.227. The van der Waals surface area contributed by atoms with Crippen LogP contribution in [-0.2, 0) is 22.4 Å². The predicted octanol–water partition coefficient (Wildman–Crippen LogP) is 6.79. The van der Waals surface area contributed by atoms with Crippen molar-refractivity contribution < 1.29 is 28.2 Å². The number of aliphatic imine (C=N–C) groups is 1. The summed E-state index contributed by atoms with van der Waals surface area (Å²) in [5.41, 5.74) is 15.8. The maximum atomic E-state index is 14.4. The molecule has 4 aromatic carbocycles. The van der Waals surface area contributed by atoms with Gasteiger partial charge in [0.1, 0.15) is 17.4 Å². The quantitative estimate of drug-likeness (QED) is 0.0436. The second-order valence-corrected chi connectivity index (χ2v) is 11.6. The fraction of sp³-hybridized carbons (Fsp3) is 0.235. The van der Waals surface area contributed by atoms with Crippen molar-refractivity contribution >= 4 is 33.4 Å². The number of rotatable bonds is 14. The lowest BCUT2D eigenvalue weighted by atomic mass is 9.81. The van der Waals surface area contributed by atoms with E-state index in [1.165, 1.54) is 12.1 Å². The van der Waals surface area contributed by atoms with Gasteiger partial charge >= 0.3 is 0 Å². The first-order valence-electron chi connectivity index (χ1n) is 14.8. The van der Waals surface area contributed by atoms with Gasteiger partial charge in [0, 0.05) is 58.3 Å². The number of azide groups is 1. The number of hydrogen-bond acceptors (Lipinski definition) is 7. The second-order valence-electron chi connectivity index (χ2n) is 10.7. The average molecular weight is 706 g/mol. The van der Waals surface area contributed by atoms with Crippen LogP contribution in [0.2, 0.25) is 0 Å². The Balaban J connectivity index is 1.52. The van der Waals surface area contributed by atoms with E-state index in [4.69, 9.17) is 19.6 Å². The summed E-state index contributed by atoms with van der Waals surface area (Å²) in [5.74, 6) is -1.11. The molecule has 0 fully saturated rings. The molecule has 2 atom stereocenters. The van der Waals surface area contributed by atoms with Gasteiger partial charge in [-0.25, -0.2) is 19.2 Å². The van der Waals surface area contributed by atoms with Crippen molar-refractivity contribution in [1.29, 1.82) is 0 Å². The lowest BCUT2D eigenvalue weighted by Gasteiger charge is -2.31. The highest BCUT2D eigenvalue weighted by Gasteiger charge is 2.54. The van der Waals surface area contributed by atoms with Gasteiger partial charge in [0.15, 0.2) is 11.6 Å². The first-order valence-corrected chi connectivity index (χ1v) is 15.6. The highest BCUT2D eigenvalue weighted by Crippen LogP contribution is 2.45. The normalized spacial score (nSPS) is 16.9. The van der Waals surface area contributed by atoms with Crippen molar-refractivity contribution in [3.05, 3.63) is 140 Å². The van der Waals surface area contributed by atoms with E-state index >= 15 is 0 Å². The third kappa shape index (κ3) is 8.13. The zero-order valence-electron chi connectivity index (χ0n) is 25.1. The zero-order valence-corrected chi connectivity index (χ0v) is 26.7. The first-order chi connectivity index (χ1) is 22.8. The van der Waals surface area contributed by atoms with Crippen LogP contribution < -0.4 is 15.6 Å². The molecule has 0 saturated heterocycles. The molecule has 5 rings (SSSR count). The zero-order chi connectivity index (χ0) is 33.2. The molecule has 1 aliphatic heterocycles. The van der Waals surface area contributed by atoms with E-state index in [-0.39, 0.29) is 31.9 Å². The molecule has 47 heavy (non-hydrogen) atoms. The third-order valence-electron chi connectivity index (χ3n) is 7.48. The number of aliphatic hydroxyl groups excluding tert-OH is 1. The number of nitrogens with zero attached hydrogens (tertiary/aromatic N) is 4. The molecule has 13 heteroatoms. The number of hydrogen-bond donors (Lipinski definition) is 3. The predicted molar refractivity (Wildman–Crippen MR) is 176 cm³/mol. The van der Waals surface area contributed by atoms with E-state index in [1.807, 2.05) is 24.3 Å². The summed E-state index contributed by atoms with van der Waals surface area (Å²) in [4.78, 5) is 22.3. The van der Waals surface area contributed by atoms with Gasteiger partial charge in [0.25, 0.3) is 5.91 Å². The Labute approximate surface area is 278 Å². The minimum absolute atomic E-state index is 0.0112. The average Bonchev–Trinajstić information content (AvgIpc) is 3.44. The maximum absolute atomic E-state index is 14.4. The molecule has 0 bridgehead atoms. The smallest absolute Gasteiger partial charge is 0.266 e. The van der Waals surface area contributed by atoms with Crippen LogP contribution in [-0.4, -0.2) is 42.2 Å². The fourth-order valence-corrected chi connectivity index (χ4v) is 5.75. The Morgan fingerprint density at radius 2 is 1.79 bits per heavy atom. The molecule has 1 amide bonds. The molecule has 0 aromatic heterocycles. The number of carbonyl (C=O) groups is 1. The number of carbonyl (C=O) groups excluding carboxylic acids is 1. The molecular formula is C34H31BrF2N6O4. The summed E-state index contributed by atoms with van der Waals surface area (Å²) in [6.45, 7) is 0.533. The van der Waals surface area contributed by atoms with Gasteiger partial charge in [-0.1, -0.05) is 63.5 Å². The maximum Gasteiger partial charge on any atom is 0.266 e. The SMILES string of the molecule is [N-]=[N+]=Nc1ccccc1C[C@]1(C(=O)NNCCc2cc(F)cc(F)c2)N=C(c2ccc(OCCCO)cc2)O[C@H]1c1ccccc1Br. The molecule has 10 nitrogen and oxygen atoms in total. The highest BCUT2D eigenvalue weighted by molar-refractivity contribution is 9.10. The van der Waals surface area contributed by atoms with Gasteiger partial charge in [-0.3, -0.25) is 10.2 Å². The van der Waals surface area contributed by atoms with Gasteiger partial charge in [-0.2, -0.15) is 0 Å². The molecule has 0 saturated carbocycles. The first kappa shape index (κ1) is 33.6. The van der Waals surface area contributed by atoms with Gasteiger partial charge in [-0.15, -0.1) is 0 Å². The number of halogens is 3. The molecule has 3 N–H and O–H groups in total. The molecule has 0 unspecified atom stereocenters. The van der Waals surface area contributed by atoms with Crippen molar-refractivity contribution in [1.82, 2.24) is 10.9 Å². The van der Waals surface area contributed by atoms with E-state index in [0.717, 1.165) is 6.07 Å². The van der Waals surface area contributed by atoms with E-state index in [2.05, 4.69) is 36.8 Å². The fourth-order valence-electron chi connectivity index (χ4n) is 5.26. The van der Waals surface area contributed by atoms with Crippen LogP contribution in [0.15, 0.2) is 106 Å². The van der Waals surface area contributed by atoms with E-state index in [1.54, 1.807) is 48.5 Å². The van der Waals surface area contributed by atoms with Crippen LogP contribution in [0.3, 0.4) is 0 Å². The molecule has 0 spiro atoms. The summed E-state index contributed by atoms with van der Waals surface area (Å²) >= 11 is 3.61. The second kappa shape index (κ2) is 15.7. The Morgan fingerprint density at radius 1 is 1.06 bits per heavy atom. The van der Waals surface area contributed by atoms with Crippen LogP contribution in [0.25, 0.3) is 10.4 Å². The van der Waals surface area contributed by atoms with Gasteiger partial charge < -0.3 is 14.6 Å². The summed E-state index contributed by atoms with van der Waals surface area (Å²) < 4.78 is 40.3. The molecule has 0 aliphatic carbocycles. The number of nitrogens with one attached hydrogen (secondary N) is 2. The van der Waals surface area contributed by atoms with Gasteiger partial charge in [-0.05, 0) is 65.5 Å². The lowest BCUT2D eigenvalue weighted by Crippen LogP contribution is -2.54. The Kier molecular flexibility index (Phi) is 11.2. The third-order valence-corrected chi connectivity index (χ3v) is 8.21. The van der Waals surface area contributed by atoms with Crippen molar-refractivity contribution in [2.24, 2.45) is 10.1 Å². The van der Waals surface area contributed by atoms with Crippen LogP contribution in [0, 0.1) is 11.6 Å². The number of ether oxygens (including phenoxy) is 2. The molecular weight excluding hydrogens is 674 g/mol. The number of aliphatic hydroxyl groups is 1.